The summed E-state index contributed by atoms with van der Waals surface area (Å²) in [6.45, 7) is -1.36. The van der Waals surface area contributed by atoms with E-state index in [-0.39, 0.29) is 12.0 Å². The zero-order chi connectivity index (χ0) is 22.0. The van der Waals surface area contributed by atoms with Crippen LogP contribution in [0.4, 0.5) is 13.2 Å². The fourth-order valence-electron chi connectivity index (χ4n) is 3.15. The van der Waals surface area contributed by atoms with Gasteiger partial charge in [0.2, 0.25) is 5.91 Å². The molecule has 1 aromatic carbocycles. The van der Waals surface area contributed by atoms with Gasteiger partial charge < -0.3 is 5.32 Å². The summed E-state index contributed by atoms with van der Waals surface area (Å²) in [6.07, 6.45) is -1.13. The van der Waals surface area contributed by atoms with Crippen LogP contribution in [0.3, 0.4) is 0 Å². The summed E-state index contributed by atoms with van der Waals surface area (Å²) in [6, 6.07) is 13.6. The zero-order valence-corrected chi connectivity index (χ0v) is 16.0. The number of rotatable bonds is 5. The minimum absolute atomic E-state index is 0.164. The Labute approximate surface area is 173 Å². The van der Waals surface area contributed by atoms with Crippen molar-refractivity contribution in [1.29, 1.82) is 0 Å². The van der Waals surface area contributed by atoms with Crippen molar-refractivity contribution in [2.24, 2.45) is 0 Å². The number of fused-ring (bicyclic) bond motifs is 1. The number of nitrogens with zero attached hydrogens (tertiary/aromatic N) is 3. The molecule has 0 fully saturated rings. The van der Waals surface area contributed by atoms with Gasteiger partial charge in [0.1, 0.15) is 12.2 Å². The molecule has 4 aromatic rings. The molecular formula is C21H16F3N5O2. The zero-order valence-electron chi connectivity index (χ0n) is 16.0. The highest BCUT2D eigenvalue weighted by atomic mass is 19.4. The lowest BCUT2D eigenvalue weighted by Gasteiger charge is -2.09. The van der Waals surface area contributed by atoms with E-state index in [4.69, 9.17) is 0 Å². The number of hydrogen-bond acceptors (Lipinski definition) is 4. The number of H-pyrrole nitrogens is 1. The third-order valence-corrected chi connectivity index (χ3v) is 4.56. The lowest BCUT2D eigenvalue weighted by Crippen LogP contribution is -2.34. The number of carbonyl (C=O) groups excluding carboxylic acids is 1. The van der Waals surface area contributed by atoms with Crippen molar-refractivity contribution >= 4 is 11.6 Å². The Morgan fingerprint density at radius 3 is 2.68 bits per heavy atom. The largest absolute Gasteiger partial charge is 0.405 e. The lowest BCUT2D eigenvalue weighted by molar-refractivity contribution is -0.138. The van der Waals surface area contributed by atoms with E-state index in [1.165, 1.54) is 6.07 Å². The number of aromatic nitrogens is 4. The van der Waals surface area contributed by atoms with Gasteiger partial charge in [-0.15, -0.1) is 0 Å². The fraction of sp³-hybridized carbons (Fsp3) is 0.143. The maximum atomic E-state index is 12.3. The number of amides is 1. The summed E-state index contributed by atoms with van der Waals surface area (Å²) in [7, 11) is 0. The number of alkyl halides is 3. The van der Waals surface area contributed by atoms with Crippen molar-refractivity contribution in [3.05, 3.63) is 76.8 Å². The predicted octanol–water partition coefficient (Wildman–Crippen LogP) is 2.97. The maximum Gasteiger partial charge on any atom is 0.405 e. The van der Waals surface area contributed by atoms with E-state index in [0.717, 1.165) is 16.8 Å². The van der Waals surface area contributed by atoms with Crippen LogP contribution in [0, 0.1) is 0 Å². The molecular weight excluding hydrogens is 411 g/mol. The maximum absolute atomic E-state index is 12.3. The van der Waals surface area contributed by atoms with E-state index in [1.54, 1.807) is 30.5 Å². The molecule has 31 heavy (non-hydrogen) atoms. The van der Waals surface area contributed by atoms with Crippen LogP contribution in [0.5, 0.6) is 0 Å². The summed E-state index contributed by atoms with van der Waals surface area (Å²) in [5.74, 6) is -0.703. The highest BCUT2D eigenvalue weighted by Gasteiger charge is 2.27. The number of aromatic amines is 1. The smallest absolute Gasteiger partial charge is 0.347 e. The molecule has 10 heteroatoms. The number of hydrogen-bond donors (Lipinski definition) is 2. The molecule has 0 atom stereocenters. The molecule has 4 rings (SSSR count). The minimum Gasteiger partial charge on any atom is -0.347 e. The monoisotopic (exact) mass is 427 g/mol. The molecule has 7 nitrogen and oxygen atoms in total. The van der Waals surface area contributed by atoms with Crippen molar-refractivity contribution in [2.75, 3.05) is 6.54 Å². The second-order valence-corrected chi connectivity index (χ2v) is 6.86. The van der Waals surface area contributed by atoms with Gasteiger partial charge in [0.25, 0.3) is 5.56 Å². The van der Waals surface area contributed by atoms with Crippen LogP contribution in [0.2, 0.25) is 0 Å². The van der Waals surface area contributed by atoms with Crippen molar-refractivity contribution in [1.82, 2.24) is 24.9 Å². The number of nitrogens with one attached hydrogen (secondary N) is 2. The first-order valence-corrected chi connectivity index (χ1v) is 9.24. The predicted molar refractivity (Wildman–Crippen MR) is 107 cm³/mol. The van der Waals surface area contributed by atoms with E-state index in [2.05, 4.69) is 15.2 Å². The molecule has 0 aliphatic rings. The molecule has 0 bridgehead atoms. The van der Waals surface area contributed by atoms with Gasteiger partial charge in [0.15, 0.2) is 0 Å². The molecule has 0 aliphatic heterocycles. The fourth-order valence-corrected chi connectivity index (χ4v) is 3.15. The van der Waals surface area contributed by atoms with Crippen molar-refractivity contribution < 1.29 is 18.0 Å². The first kappa shape index (κ1) is 20.3. The third-order valence-electron chi connectivity index (χ3n) is 4.56. The van der Waals surface area contributed by atoms with E-state index < -0.39 is 18.6 Å². The Bertz CT molecular complexity index is 1290. The van der Waals surface area contributed by atoms with Gasteiger partial charge in [0, 0.05) is 23.4 Å². The topological polar surface area (TPSA) is 92.2 Å². The average Bonchev–Trinajstić information content (AvgIpc) is 3.16. The van der Waals surface area contributed by atoms with Gasteiger partial charge in [-0.1, -0.05) is 18.2 Å². The molecule has 0 unspecified atom stereocenters. The van der Waals surface area contributed by atoms with Gasteiger partial charge in [-0.25, -0.2) is 10.1 Å². The molecule has 0 saturated heterocycles. The SMILES string of the molecule is O=C(Cc1cccc(-c2cnc3cc(-c4ccc(=O)[nH]n4)ccn23)c1)NCC(F)(F)F. The standard InChI is InChI=1S/C21H16F3N5O2/c22-21(23,24)12-26-20(31)9-13-2-1-3-15(8-13)17-11-25-18-10-14(6-7-29(17)18)16-4-5-19(30)28-27-16/h1-8,10-11H,9,12H2,(H,26,31)(H,28,30). The van der Waals surface area contributed by atoms with Crippen molar-refractivity contribution in [3.63, 3.8) is 0 Å². The summed E-state index contributed by atoms with van der Waals surface area (Å²) in [5.41, 5.74) is 3.83. The second kappa shape index (κ2) is 8.05. The molecule has 0 aliphatic carbocycles. The Morgan fingerprint density at radius 2 is 1.94 bits per heavy atom. The van der Waals surface area contributed by atoms with Gasteiger partial charge in [-0.3, -0.25) is 14.0 Å². The van der Waals surface area contributed by atoms with Gasteiger partial charge in [-0.2, -0.15) is 18.3 Å². The van der Waals surface area contributed by atoms with E-state index >= 15 is 0 Å². The lowest BCUT2D eigenvalue weighted by atomic mass is 10.1. The molecule has 2 N–H and O–H groups in total. The summed E-state index contributed by atoms with van der Waals surface area (Å²) in [4.78, 5) is 27.4. The Kier molecular flexibility index (Phi) is 5.28. The van der Waals surface area contributed by atoms with Crippen LogP contribution >= 0.6 is 0 Å². The highest BCUT2D eigenvalue weighted by Crippen LogP contribution is 2.25. The molecule has 1 amide bonds. The first-order valence-electron chi connectivity index (χ1n) is 9.24. The Balaban J connectivity index is 1.57. The van der Waals surface area contributed by atoms with Crippen LogP contribution in [0.1, 0.15) is 5.56 Å². The van der Waals surface area contributed by atoms with E-state index in [9.17, 15) is 22.8 Å². The van der Waals surface area contributed by atoms with Gasteiger partial charge in [0.05, 0.1) is 24.0 Å². The number of benzene rings is 1. The summed E-state index contributed by atoms with van der Waals surface area (Å²) < 4.78 is 38.6. The average molecular weight is 427 g/mol. The Hall–Kier alpha value is -3.95. The van der Waals surface area contributed by atoms with Gasteiger partial charge in [-0.05, 0) is 29.8 Å². The minimum atomic E-state index is -4.45. The highest BCUT2D eigenvalue weighted by molar-refractivity contribution is 5.79. The first-order chi connectivity index (χ1) is 14.8. The van der Waals surface area contributed by atoms with E-state index in [1.807, 2.05) is 34.1 Å². The van der Waals surface area contributed by atoms with E-state index in [0.29, 0.717) is 16.9 Å². The quantitative estimate of drug-likeness (QED) is 0.512. The van der Waals surface area contributed by atoms with Crippen molar-refractivity contribution in [3.8, 4) is 22.5 Å². The second-order valence-electron chi connectivity index (χ2n) is 6.86. The number of carbonyl (C=O) groups is 1. The Morgan fingerprint density at radius 1 is 1.10 bits per heavy atom. The van der Waals surface area contributed by atoms with Crippen LogP contribution in [0.15, 0.2) is 65.7 Å². The number of imidazole rings is 1. The molecule has 0 radical (unpaired) electrons. The van der Waals surface area contributed by atoms with Crippen LogP contribution in [-0.2, 0) is 11.2 Å². The molecule has 0 saturated carbocycles. The van der Waals surface area contributed by atoms with Crippen LogP contribution in [0.25, 0.3) is 28.2 Å². The molecule has 3 aromatic heterocycles. The van der Waals surface area contributed by atoms with Crippen LogP contribution < -0.4 is 10.9 Å². The third kappa shape index (κ3) is 4.80. The van der Waals surface area contributed by atoms with Crippen molar-refractivity contribution in [2.45, 2.75) is 12.6 Å². The summed E-state index contributed by atoms with van der Waals surface area (Å²) in [5, 5.41) is 8.27. The number of halogens is 3. The number of pyridine rings is 1. The molecule has 158 valence electrons. The van der Waals surface area contributed by atoms with Crippen LogP contribution in [-0.4, -0.2) is 38.2 Å². The van der Waals surface area contributed by atoms with Gasteiger partial charge >= 0.3 is 6.18 Å². The molecule has 3 heterocycles. The molecule has 0 spiro atoms. The normalized spacial score (nSPS) is 11.6. The summed E-state index contributed by atoms with van der Waals surface area (Å²) >= 11 is 0.